The van der Waals surface area contributed by atoms with E-state index in [1.54, 1.807) is 12.1 Å². The molecule has 4 nitrogen and oxygen atoms in total. The first kappa shape index (κ1) is 12.2. The minimum absolute atomic E-state index is 0.352. The zero-order valence-corrected chi connectivity index (χ0v) is 9.68. The molecule has 0 unspecified atom stereocenters. The van der Waals surface area contributed by atoms with E-state index in [9.17, 15) is 0 Å². The van der Waals surface area contributed by atoms with Gasteiger partial charge in [0.1, 0.15) is 5.75 Å². The van der Waals surface area contributed by atoms with Crippen LogP contribution in [0.4, 0.5) is 0 Å². The van der Waals surface area contributed by atoms with Gasteiger partial charge in [-0.15, -0.1) is 0 Å². The summed E-state index contributed by atoms with van der Waals surface area (Å²) >= 11 is 0. The second kappa shape index (κ2) is 5.27. The Balaban J connectivity index is 2.77. The van der Waals surface area contributed by atoms with E-state index in [1.807, 2.05) is 12.1 Å². The van der Waals surface area contributed by atoms with Crippen molar-refractivity contribution >= 4 is 9.05 Å². The van der Waals surface area contributed by atoms with Crippen LogP contribution in [0.3, 0.4) is 0 Å². The third-order valence-corrected chi connectivity index (χ3v) is 2.51. The number of hydrogen-bond acceptors (Lipinski definition) is 4. The summed E-state index contributed by atoms with van der Waals surface area (Å²) < 4.78 is 4.74. The summed E-state index contributed by atoms with van der Waals surface area (Å²) in [5.74, 6) is 0.352. The lowest BCUT2D eigenvalue weighted by Gasteiger charge is -2.14. The zero-order valence-electron chi connectivity index (χ0n) is 8.68. The van der Waals surface area contributed by atoms with Gasteiger partial charge in [-0.1, -0.05) is 31.5 Å². The normalized spacial score (nSPS) is 11.5. The van der Waals surface area contributed by atoms with Crippen LogP contribution in [-0.2, 0) is 6.42 Å². The van der Waals surface area contributed by atoms with E-state index < -0.39 is 9.05 Å². The molecule has 0 aliphatic heterocycles. The first-order valence-corrected chi connectivity index (χ1v) is 6.72. The molecule has 0 atom stereocenters. The van der Waals surface area contributed by atoms with E-state index in [1.165, 1.54) is 0 Å². The van der Waals surface area contributed by atoms with Gasteiger partial charge in [0.05, 0.1) is 0 Å². The maximum absolute atomic E-state index is 8.85. The maximum Gasteiger partial charge on any atom is 0.741 e. The van der Waals surface area contributed by atoms with E-state index in [4.69, 9.17) is 18.8 Å². The van der Waals surface area contributed by atoms with Gasteiger partial charge in [0.2, 0.25) is 0 Å². The number of rotatable bonds is 5. The monoisotopic (exact) mass is 228 g/mol. The van der Waals surface area contributed by atoms with Gasteiger partial charge in [0.15, 0.2) is 0 Å². The van der Waals surface area contributed by atoms with Gasteiger partial charge >= 0.3 is 9.05 Å². The SMILES string of the molecule is CCCCc1ccccc1O[Si](O)(O)O. The molecule has 3 N–H and O–H groups in total. The first-order valence-electron chi connectivity index (χ1n) is 4.97. The summed E-state index contributed by atoms with van der Waals surface area (Å²) in [5, 5.41) is 0. The first-order chi connectivity index (χ1) is 7.03. The van der Waals surface area contributed by atoms with Crippen molar-refractivity contribution in [3.63, 3.8) is 0 Å². The Bertz CT molecular complexity index is 309. The second-order valence-electron chi connectivity index (χ2n) is 3.39. The summed E-state index contributed by atoms with van der Waals surface area (Å²) in [7, 11) is -4.47. The van der Waals surface area contributed by atoms with Gasteiger partial charge in [-0.05, 0) is 24.5 Å². The van der Waals surface area contributed by atoms with Crippen molar-refractivity contribution in [2.24, 2.45) is 0 Å². The van der Waals surface area contributed by atoms with Crippen molar-refractivity contribution in [2.75, 3.05) is 0 Å². The molecule has 0 saturated carbocycles. The summed E-state index contributed by atoms with van der Waals surface area (Å²) in [6.07, 6.45) is 2.85. The molecule has 0 aliphatic rings. The maximum atomic E-state index is 8.85. The van der Waals surface area contributed by atoms with Gasteiger partial charge in [-0.2, -0.15) is 0 Å². The Morgan fingerprint density at radius 1 is 1.20 bits per heavy atom. The molecule has 0 fully saturated rings. The highest BCUT2D eigenvalue weighted by Gasteiger charge is 2.34. The van der Waals surface area contributed by atoms with Crippen LogP contribution in [0.1, 0.15) is 25.3 Å². The highest BCUT2D eigenvalue weighted by atomic mass is 28.4. The lowest BCUT2D eigenvalue weighted by Crippen LogP contribution is -2.42. The molecule has 0 aliphatic carbocycles. The molecule has 0 saturated heterocycles. The molecule has 0 bridgehead atoms. The topological polar surface area (TPSA) is 69.9 Å². The summed E-state index contributed by atoms with van der Waals surface area (Å²) in [5.41, 5.74) is 0.883. The van der Waals surface area contributed by atoms with Crippen molar-refractivity contribution in [3.05, 3.63) is 29.8 Å². The number of aryl methyl sites for hydroxylation is 1. The molecule has 0 heterocycles. The average Bonchev–Trinajstić information content (AvgIpc) is 2.14. The van der Waals surface area contributed by atoms with E-state index in [2.05, 4.69) is 6.92 Å². The lowest BCUT2D eigenvalue weighted by molar-refractivity contribution is 0.128. The van der Waals surface area contributed by atoms with E-state index in [0.29, 0.717) is 5.75 Å². The molecule has 84 valence electrons. The van der Waals surface area contributed by atoms with E-state index in [-0.39, 0.29) is 0 Å². The number of hydrogen-bond donors (Lipinski definition) is 3. The van der Waals surface area contributed by atoms with Crippen molar-refractivity contribution < 1.29 is 18.8 Å². The number of para-hydroxylation sites is 1. The van der Waals surface area contributed by atoms with Crippen LogP contribution in [-0.4, -0.2) is 23.4 Å². The van der Waals surface area contributed by atoms with Gasteiger partial charge in [0.25, 0.3) is 0 Å². The Kier molecular flexibility index (Phi) is 4.28. The van der Waals surface area contributed by atoms with Crippen molar-refractivity contribution in [1.29, 1.82) is 0 Å². The molecule has 0 amide bonds. The van der Waals surface area contributed by atoms with Crippen LogP contribution in [0.15, 0.2) is 24.3 Å². The van der Waals surface area contributed by atoms with Crippen LogP contribution in [0.2, 0.25) is 0 Å². The third kappa shape index (κ3) is 4.44. The Morgan fingerprint density at radius 3 is 2.47 bits per heavy atom. The third-order valence-electron chi connectivity index (χ3n) is 2.02. The Morgan fingerprint density at radius 2 is 1.87 bits per heavy atom. The van der Waals surface area contributed by atoms with E-state index >= 15 is 0 Å². The zero-order chi connectivity index (χ0) is 11.3. The van der Waals surface area contributed by atoms with Gasteiger partial charge in [0, 0.05) is 0 Å². The summed E-state index contributed by atoms with van der Waals surface area (Å²) in [4.78, 5) is 26.5. The van der Waals surface area contributed by atoms with Crippen LogP contribution in [0.25, 0.3) is 0 Å². The fraction of sp³-hybridized carbons (Fsp3) is 0.400. The fourth-order valence-electron chi connectivity index (χ4n) is 1.32. The predicted molar refractivity (Wildman–Crippen MR) is 58.1 cm³/mol. The molecule has 1 aromatic carbocycles. The minimum Gasteiger partial charge on any atom is -0.480 e. The van der Waals surface area contributed by atoms with Crippen LogP contribution < -0.4 is 4.43 Å². The largest absolute Gasteiger partial charge is 0.741 e. The van der Waals surface area contributed by atoms with Crippen LogP contribution in [0, 0.1) is 0 Å². The fourth-order valence-corrected chi connectivity index (χ4v) is 1.82. The Labute approximate surface area is 90.3 Å². The van der Waals surface area contributed by atoms with Crippen molar-refractivity contribution in [3.8, 4) is 5.75 Å². The average molecular weight is 228 g/mol. The smallest absolute Gasteiger partial charge is 0.480 e. The molecule has 5 heteroatoms. The standard InChI is InChI=1S/C10H16O4Si/c1-2-3-6-9-7-4-5-8-10(9)14-15(11,12)13/h4-5,7-8,11-13H,2-3,6H2,1H3. The predicted octanol–water partition coefficient (Wildman–Crippen LogP) is 0.820. The summed E-state index contributed by atoms with van der Waals surface area (Å²) in [6.45, 7) is 2.08. The van der Waals surface area contributed by atoms with Crippen molar-refractivity contribution in [2.45, 2.75) is 26.2 Å². The molecular formula is C10H16O4Si. The van der Waals surface area contributed by atoms with Crippen molar-refractivity contribution in [1.82, 2.24) is 0 Å². The molecule has 1 aromatic rings. The van der Waals surface area contributed by atoms with Gasteiger partial charge in [-0.25, -0.2) is 0 Å². The quantitative estimate of drug-likeness (QED) is 0.653. The van der Waals surface area contributed by atoms with E-state index in [0.717, 1.165) is 24.8 Å². The highest BCUT2D eigenvalue weighted by molar-refractivity contribution is 6.49. The lowest BCUT2D eigenvalue weighted by atomic mass is 10.1. The van der Waals surface area contributed by atoms with Gasteiger partial charge < -0.3 is 18.8 Å². The molecule has 1 rings (SSSR count). The van der Waals surface area contributed by atoms with Crippen LogP contribution >= 0.6 is 0 Å². The van der Waals surface area contributed by atoms with Crippen LogP contribution in [0.5, 0.6) is 5.75 Å². The number of unbranched alkanes of at least 4 members (excludes halogenated alkanes) is 1. The molecule has 0 aromatic heterocycles. The Hall–Kier alpha value is -0.883. The van der Waals surface area contributed by atoms with Gasteiger partial charge in [-0.3, -0.25) is 0 Å². The molecule has 0 radical (unpaired) electrons. The molecule has 0 spiro atoms. The molecular weight excluding hydrogens is 212 g/mol. The minimum atomic E-state index is -4.47. The highest BCUT2D eigenvalue weighted by Crippen LogP contribution is 2.21. The summed E-state index contributed by atoms with van der Waals surface area (Å²) in [6, 6.07) is 7.05. The second-order valence-corrected chi connectivity index (χ2v) is 4.74. The molecule has 15 heavy (non-hydrogen) atoms. The number of benzene rings is 1.